The molecule has 1 N–H and O–H groups in total. The molecular weight excluding hydrogens is 216 g/mol. The van der Waals surface area contributed by atoms with Gasteiger partial charge in [-0.25, -0.2) is 0 Å². The monoisotopic (exact) mass is 240 g/mol. The average molecular weight is 240 g/mol. The second-order valence-electron chi connectivity index (χ2n) is 5.75. The van der Waals surface area contributed by atoms with Crippen molar-refractivity contribution in [2.24, 2.45) is 0 Å². The average Bonchev–Trinajstić information content (AvgIpc) is 2.82. The van der Waals surface area contributed by atoms with Gasteiger partial charge in [0.25, 0.3) is 0 Å². The maximum absolute atomic E-state index is 11.4. The van der Waals surface area contributed by atoms with Gasteiger partial charge in [0.05, 0.1) is 0 Å². The minimum Gasteiger partial charge on any atom is -0.480 e. The lowest BCUT2D eigenvalue weighted by atomic mass is 9.96. The van der Waals surface area contributed by atoms with Crippen LogP contribution in [0.3, 0.4) is 0 Å². The third kappa shape index (κ3) is 2.08. The maximum atomic E-state index is 11.4. The Bertz CT molecular complexity index is 304. The fourth-order valence-electron chi connectivity index (χ4n) is 3.59. The van der Waals surface area contributed by atoms with E-state index in [1.165, 1.54) is 19.4 Å². The zero-order valence-electron chi connectivity index (χ0n) is 11.1. The second-order valence-corrected chi connectivity index (χ2v) is 5.75. The van der Waals surface area contributed by atoms with Crippen molar-refractivity contribution in [3.05, 3.63) is 0 Å². The highest BCUT2D eigenvalue weighted by molar-refractivity contribution is 5.77. The Balaban J connectivity index is 2.16. The molecule has 0 aromatic carbocycles. The van der Waals surface area contributed by atoms with Crippen LogP contribution >= 0.6 is 0 Å². The number of carboxylic acids is 1. The van der Waals surface area contributed by atoms with Gasteiger partial charge in [0, 0.05) is 18.6 Å². The molecule has 0 radical (unpaired) electrons. The van der Waals surface area contributed by atoms with E-state index in [0.717, 1.165) is 19.5 Å². The van der Waals surface area contributed by atoms with E-state index in [1.807, 2.05) is 13.8 Å². The van der Waals surface area contributed by atoms with Crippen LogP contribution in [0.5, 0.6) is 0 Å². The van der Waals surface area contributed by atoms with Gasteiger partial charge in [-0.05, 0) is 46.2 Å². The Kier molecular flexibility index (Phi) is 3.46. The summed E-state index contributed by atoms with van der Waals surface area (Å²) in [5.41, 5.74) is -0.752. The lowest BCUT2D eigenvalue weighted by Crippen LogP contribution is -2.57. The predicted molar refractivity (Wildman–Crippen MR) is 67.1 cm³/mol. The van der Waals surface area contributed by atoms with Crippen molar-refractivity contribution in [3.8, 4) is 0 Å². The van der Waals surface area contributed by atoms with Gasteiger partial charge in [0.2, 0.25) is 0 Å². The predicted octanol–water partition coefficient (Wildman–Crippen LogP) is 1.41. The summed E-state index contributed by atoms with van der Waals surface area (Å²) in [7, 11) is 0. The van der Waals surface area contributed by atoms with Crippen molar-refractivity contribution >= 4 is 5.97 Å². The molecule has 0 spiro atoms. The fourth-order valence-corrected chi connectivity index (χ4v) is 3.59. The van der Waals surface area contributed by atoms with E-state index in [0.29, 0.717) is 12.1 Å². The van der Waals surface area contributed by atoms with Crippen molar-refractivity contribution in [3.63, 3.8) is 0 Å². The summed E-state index contributed by atoms with van der Waals surface area (Å²) in [6, 6.07) is 1.02. The van der Waals surface area contributed by atoms with Gasteiger partial charge in [-0.2, -0.15) is 0 Å². The third-order valence-electron chi connectivity index (χ3n) is 4.55. The molecule has 0 amide bonds. The first-order chi connectivity index (χ1) is 7.98. The maximum Gasteiger partial charge on any atom is 0.323 e. The van der Waals surface area contributed by atoms with Crippen LogP contribution in [-0.4, -0.2) is 58.1 Å². The van der Waals surface area contributed by atoms with Crippen LogP contribution in [0.1, 0.15) is 40.0 Å². The molecule has 98 valence electrons. The summed E-state index contributed by atoms with van der Waals surface area (Å²) in [6.45, 7) is 8.89. The number of nitrogens with zero attached hydrogens (tertiary/aromatic N) is 2. The number of carbonyl (C=O) groups is 1. The van der Waals surface area contributed by atoms with Crippen molar-refractivity contribution < 1.29 is 9.90 Å². The smallest absolute Gasteiger partial charge is 0.323 e. The summed E-state index contributed by atoms with van der Waals surface area (Å²) in [5.74, 6) is -0.712. The Morgan fingerprint density at radius 2 is 2.12 bits per heavy atom. The van der Waals surface area contributed by atoms with Crippen LogP contribution in [0, 0.1) is 0 Å². The van der Waals surface area contributed by atoms with E-state index in [2.05, 4.69) is 16.7 Å². The SMILES string of the molecule is CCN(C1CCN2CCCC12)C(C)(C)C(=O)O. The molecule has 0 saturated carbocycles. The largest absolute Gasteiger partial charge is 0.480 e. The Morgan fingerprint density at radius 1 is 1.41 bits per heavy atom. The number of likely N-dealkylation sites (N-methyl/N-ethyl adjacent to an activating group) is 1. The Labute approximate surface area is 104 Å². The molecule has 2 saturated heterocycles. The Morgan fingerprint density at radius 3 is 2.71 bits per heavy atom. The van der Waals surface area contributed by atoms with Gasteiger partial charge in [-0.15, -0.1) is 0 Å². The van der Waals surface area contributed by atoms with Crippen molar-refractivity contribution in [2.75, 3.05) is 19.6 Å². The lowest BCUT2D eigenvalue weighted by molar-refractivity contribution is -0.151. The quantitative estimate of drug-likeness (QED) is 0.807. The first kappa shape index (κ1) is 12.8. The highest BCUT2D eigenvalue weighted by Gasteiger charge is 2.46. The molecule has 2 aliphatic heterocycles. The molecule has 4 heteroatoms. The van der Waals surface area contributed by atoms with Crippen molar-refractivity contribution in [2.45, 2.75) is 57.7 Å². The van der Waals surface area contributed by atoms with E-state index < -0.39 is 11.5 Å². The molecule has 2 heterocycles. The lowest BCUT2D eigenvalue weighted by Gasteiger charge is -2.41. The summed E-state index contributed by atoms with van der Waals surface area (Å²) >= 11 is 0. The molecule has 4 nitrogen and oxygen atoms in total. The number of aliphatic carboxylic acids is 1. The molecule has 0 aliphatic carbocycles. The van der Waals surface area contributed by atoms with Crippen LogP contribution in [-0.2, 0) is 4.79 Å². The number of rotatable bonds is 4. The van der Waals surface area contributed by atoms with E-state index in [4.69, 9.17) is 0 Å². The Hall–Kier alpha value is -0.610. The molecule has 2 unspecified atom stereocenters. The molecule has 2 fully saturated rings. The fraction of sp³-hybridized carbons (Fsp3) is 0.923. The summed E-state index contributed by atoms with van der Waals surface area (Å²) in [5, 5.41) is 9.39. The van der Waals surface area contributed by atoms with E-state index in [9.17, 15) is 9.90 Å². The van der Waals surface area contributed by atoms with Crippen LogP contribution in [0.15, 0.2) is 0 Å². The topological polar surface area (TPSA) is 43.8 Å². The van der Waals surface area contributed by atoms with Crippen molar-refractivity contribution in [1.29, 1.82) is 0 Å². The minimum atomic E-state index is -0.752. The molecule has 17 heavy (non-hydrogen) atoms. The number of fused-ring (bicyclic) bond motifs is 1. The molecule has 0 aromatic rings. The van der Waals surface area contributed by atoms with Crippen LogP contribution in [0.2, 0.25) is 0 Å². The first-order valence-electron chi connectivity index (χ1n) is 6.72. The zero-order valence-corrected chi connectivity index (χ0v) is 11.1. The first-order valence-corrected chi connectivity index (χ1v) is 6.72. The van der Waals surface area contributed by atoms with E-state index in [1.54, 1.807) is 0 Å². The van der Waals surface area contributed by atoms with Gasteiger partial charge in [-0.3, -0.25) is 14.6 Å². The molecule has 2 atom stereocenters. The van der Waals surface area contributed by atoms with E-state index >= 15 is 0 Å². The van der Waals surface area contributed by atoms with Crippen LogP contribution in [0.25, 0.3) is 0 Å². The third-order valence-corrected chi connectivity index (χ3v) is 4.55. The molecule has 2 aliphatic rings. The highest BCUT2D eigenvalue weighted by atomic mass is 16.4. The molecule has 2 rings (SSSR count). The van der Waals surface area contributed by atoms with E-state index in [-0.39, 0.29) is 0 Å². The highest BCUT2D eigenvalue weighted by Crippen LogP contribution is 2.34. The van der Waals surface area contributed by atoms with Crippen molar-refractivity contribution in [1.82, 2.24) is 9.80 Å². The summed E-state index contributed by atoms with van der Waals surface area (Å²) in [6.07, 6.45) is 3.62. The summed E-state index contributed by atoms with van der Waals surface area (Å²) < 4.78 is 0. The van der Waals surface area contributed by atoms with Gasteiger partial charge in [0.15, 0.2) is 0 Å². The zero-order chi connectivity index (χ0) is 12.6. The van der Waals surface area contributed by atoms with Crippen LogP contribution < -0.4 is 0 Å². The summed E-state index contributed by atoms with van der Waals surface area (Å²) in [4.78, 5) is 16.1. The van der Waals surface area contributed by atoms with Crippen LogP contribution in [0.4, 0.5) is 0 Å². The molecular formula is C13H24N2O2. The number of hydrogen-bond donors (Lipinski definition) is 1. The van der Waals surface area contributed by atoms with Gasteiger partial charge < -0.3 is 5.11 Å². The van der Waals surface area contributed by atoms with Gasteiger partial charge in [0.1, 0.15) is 5.54 Å². The minimum absolute atomic E-state index is 0.425. The second kappa shape index (κ2) is 4.58. The standard InChI is InChI=1S/C13H24N2O2/c1-4-15(13(2,3)12(16)17)11-7-9-14-8-5-6-10(11)14/h10-11H,4-9H2,1-3H3,(H,16,17). The molecule has 0 bridgehead atoms. The number of carboxylic acid groups (broad SMARTS) is 1. The van der Waals surface area contributed by atoms with Gasteiger partial charge in [-0.1, -0.05) is 6.92 Å². The normalized spacial score (nSPS) is 29.9. The van der Waals surface area contributed by atoms with Gasteiger partial charge >= 0.3 is 5.97 Å². The number of hydrogen-bond acceptors (Lipinski definition) is 3. The molecule has 0 aromatic heterocycles.